The summed E-state index contributed by atoms with van der Waals surface area (Å²) in [5.74, 6) is 0.862. The summed E-state index contributed by atoms with van der Waals surface area (Å²) in [6.07, 6.45) is -3.32. The molecule has 3 aromatic carbocycles. The van der Waals surface area contributed by atoms with E-state index in [1.54, 1.807) is 31.4 Å². The Morgan fingerprint density at radius 3 is 2.36 bits per heavy atom. The molecule has 0 radical (unpaired) electrons. The summed E-state index contributed by atoms with van der Waals surface area (Å²) in [7, 11) is 1.58. The van der Waals surface area contributed by atoms with E-state index in [0.717, 1.165) is 11.1 Å². The molecule has 0 bridgehead atoms. The first-order chi connectivity index (χ1) is 21.4. The fourth-order valence-electron chi connectivity index (χ4n) is 4.64. The molecule has 0 saturated carbocycles. The van der Waals surface area contributed by atoms with Crippen LogP contribution in [0.5, 0.6) is 11.5 Å². The number of nitrogens with zero attached hydrogens (tertiary/aromatic N) is 5. The summed E-state index contributed by atoms with van der Waals surface area (Å²) < 4.78 is 48.0. The highest BCUT2D eigenvalue weighted by Gasteiger charge is 2.33. The van der Waals surface area contributed by atoms with Gasteiger partial charge in [-0.3, -0.25) is 9.69 Å². The molecular formula is C31H29F3N6O4S. The highest BCUT2D eigenvalue weighted by atomic mass is 32.2. The lowest BCUT2D eigenvalue weighted by Crippen LogP contribution is -2.32. The lowest BCUT2D eigenvalue weighted by atomic mass is 10.00. The zero-order chi connectivity index (χ0) is 32.3. The van der Waals surface area contributed by atoms with Gasteiger partial charge in [-0.1, -0.05) is 49.9 Å². The van der Waals surface area contributed by atoms with E-state index in [1.807, 2.05) is 39.0 Å². The smallest absolute Gasteiger partial charge is 0.497 e. The lowest BCUT2D eigenvalue weighted by Gasteiger charge is -2.22. The maximum Gasteiger partial charge on any atom is 0.573 e. The van der Waals surface area contributed by atoms with Crippen LogP contribution in [0.25, 0.3) is 17.1 Å². The van der Waals surface area contributed by atoms with E-state index in [9.17, 15) is 22.8 Å². The van der Waals surface area contributed by atoms with Crippen LogP contribution < -0.4 is 19.7 Å². The maximum absolute atomic E-state index is 12.9. The van der Waals surface area contributed by atoms with Gasteiger partial charge in [0.15, 0.2) is 11.0 Å². The van der Waals surface area contributed by atoms with Crippen molar-refractivity contribution in [3.63, 3.8) is 0 Å². The third kappa shape index (κ3) is 7.45. The molecule has 1 saturated heterocycles. The van der Waals surface area contributed by atoms with E-state index >= 15 is 0 Å². The molecule has 0 spiro atoms. The first-order valence-corrected chi connectivity index (χ1v) is 14.8. The highest BCUT2D eigenvalue weighted by Crippen LogP contribution is 2.36. The zero-order valence-corrected chi connectivity index (χ0v) is 25.5. The molecule has 14 heteroatoms. The number of aromatic nitrogens is 3. The molecule has 1 aliphatic heterocycles. The largest absolute Gasteiger partial charge is 0.573 e. The number of halogens is 3. The van der Waals surface area contributed by atoms with Crippen molar-refractivity contribution in [1.82, 2.24) is 20.1 Å². The number of anilines is 1. The molecular weight excluding hydrogens is 609 g/mol. The molecule has 45 heavy (non-hydrogen) atoms. The van der Waals surface area contributed by atoms with E-state index in [4.69, 9.17) is 4.74 Å². The molecule has 1 atom stereocenters. The number of amidine groups is 1. The minimum atomic E-state index is -4.77. The molecule has 0 aliphatic carbocycles. The van der Waals surface area contributed by atoms with E-state index in [1.165, 1.54) is 51.9 Å². The molecule has 1 aromatic heterocycles. The quantitative estimate of drug-likeness (QED) is 0.224. The maximum atomic E-state index is 12.9. The van der Waals surface area contributed by atoms with Crippen molar-refractivity contribution in [2.24, 2.45) is 4.99 Å². The number of nitrogens with one attached hydrogen (secondary N) is 1. The first-order valence-electron chi connectivity index (χ1n) is 13.8. The number of amides is 3. The van der Waals surface area contributed by atoms with Crippen molar-refractivity contribution in [3.05, 3.63) is 84.2 Å². The molecule has 10 nitrogen and oxygen atoms in total. The van der Waals surface area contributed by atoms with Crippen molar-refractivity contribution in [2.45, 2.75) is 39.1 Å². The van der Waals surface area contributed by atoms with Crippen LogP contribution in [0.3, 0.4) is 0 Å². The number of carbonyl (C=O) groups excluding carboxylic acids is 2. The van der Waals surface area contributed by atoms with E-state index < -0.39 is 18.4 Å². The SMILES string of the molecule is COc1ccc(N2C(=O)CSC2=NC(=O)NC(C)c2ccc(-c3ncn(-c4ccc(OC(F)(F)F)cc4)n3)cc2)c(C(C)C)c1. The molecule has 1 aliphatic rings. The summed E-state index contributed by atoms with van der Waals surface area (Å²) in [5, 5.41) is 7.57. The Hall–Kier alpha value is -4.85. The summed E-state index contributed by atoms with van der Waals surface area (Å²) in [6.45, 7) is 5.85. The number of ether oxygens (including phenoxy) is 2. The summed E-state index contributed by atoms with van der Waals surface area (Å²) in [6, 6.07) is 17.0. The second-order valence-corrected chi connectivity index (χ2v) is 11.3. The minimum Gasteiger partial charge on any atom is -0.497 e. The molecule has 1 fully saturated rings. The van der Waals surface area contributed by atoms with Crippen LogP contribution in [0.15, 0.2) is 78.0 Å². The van der Waals surface area contributed by atoms with Gasteiger partial charge in [0.05, 0.1) is 30.3 Å². The molecule has 1 unspecified atom stereocenters. The van der Waals surface area contributed by atoms with E-state index in [0.29, 0.717) is 33.7 Å². The third-order valence-corrected chi connectivity index (χ3v) is 7.82. The number of hydrogen-bond donors (Lipinski definition) is 1. The van der Waals surface area contributed by atoms with Gasteiger partial charge >= 0.3 is 12.4 Å². The second kappa shape index (κ2) is 13.0. The van der Waals surface area contributed by atoms with Crippen molar-refractivity contribution < 1.29 is 32.2 Å². The van der Waals surface area contributed by atoms with Crippen LogP contribution in [-0.4, -0.2) is 51.1 Å². The van der Waals surface area contributed by atoms with E-state index in [-0.39, 0.29) is 23.3 Å². The number of rotatable bonds is 8. The normalized spacial score (nSPS) is 15.1. The molecule has 3 amide bonds. The molecule has 4 aromatic rings. The number of aliphatic imine (C=N–C) groups is 1. The Kier molecular flexibility index (Phi) is 9.14. The Labute approximate surface area is 261 Å². The topological polar surface area (TPSA) is 111 Å². The number of alkyl halides is 3. The van der Waals surface area contributed by atoms with Crippen molar-refractivity contribution >= 4 is 34.6 Å². The van der Waals surface area contributed by atoms with Crippen LogP contribution in [0.2, 0.25) is 0 Å². The van der Waals surface area contributed by atoms with E-state index in [2.05, 4.69) is 25.1 Å². The number of methoxy groups -OCH3 is 1. The lowest BCUT2D eigenvalue weighted by molar-refractivity contribution is -0.274. The third-order valence-electron chi connectivity index (χ3n) is 6.90. The Bertz CT molecular complexity index is 1720. The van der Waals surface area contributed by atoms with Crippen LogP contribution in [0, 0.1) is 0 Å². The van der Waals surface area contributed by atoms with Gasteiger partial charge in [0.25, 0.3) is 0 Å². The molecule has 5 rings (SSSR count). The van der Waals surface area contributed by atoms with Crippen LogP contribution in [0.4, 0.5) is 23.7 Å². The predicted molar refractivity (Wildman–Crippen MR) is 165 cm³/mol. The van der Waals surface area contributed by atoms with Gasteiger partial charge in [0.2, 0.25) is 5.91 Å². The predicted octanol–water partition coefficient (Wildman–Crippen LogP) is 6.87. The number of hydrogen-bond acceptors (Lipinski definition) is 7. The van der Waals surface area contributed by atoms with Gasteiger partial charge in [-0.25, -0.2) is 14.5 Å². The number of urea groups is 1. The Morgan fingerprint density at radius 1 is 1.02 bits per heavy atom. The molecule has 1 N–H and O–H groups in total. The number of carbonyl (C=O) groups is 2. The van der Waals surface area contributed by atoms with Crippen LogP contribution >= 0.6 is 11.8 Å². The fourth-order valence-corrected chi connectivity index (χ4v) is 5.49. The molecule has 2 heterocycles. The standard InChI is InChI=1S/C31H29F3N6O4S/c1-18(2)25-15-24(43-4)13-14-26(25)40-27(41)16-45-30(40)37-29(42)36-19(3)20-5-7-21(8-6-20)28-35-17-39(38-28)22-9-11-23(12-10-22)44-31(32,33)34/h5-15,17-19H,16H2,1-4H3,(H,36,42). The average molecular weight is 639 g/mol. The monoisotopic (exact) mass is 638 g/mol. The van der Waals surface area contributed by atoms with Gasteiger partial charge in [-0.05, 0) is 66.4 Å². The van der Waals surface area contributed by atoms with Crippen molar-refractivity contribution in [2.75, 3.05) is 17.8 Å². The van der Waals surface area contributed by atoms with Gasteiger partial charge in [-0.2, -0.15) is 4.99 Å². The van der Waals surface area contributed by atoms with Crippen LogP contribution in [-0.2, 0) is 4.79 Å². The number of thioether (sulfide) groups is 1. The average Bonchev–Trinajstić information content (AvgIpc) is 3.63. The molecule has 234 valence electrons. The summed E-state index contributed by atoms with van der Waals surface area (Å²) >= 11 is 1.20. The van der Waals surface area contributed by atoms with Crippen molar-refractivity contribution in [3.8, 4) is 28.6 Å². The van der Waals surface area contributed by atoms with Gasteiger partial charge in [0, 0.05) is 5.56 Å². The fraction of sp³-hybridized carbons (Fsp3) is 0.258. The Morgan fingerprint density at radius 2 is 1.71 bits per heavy atom. The highest BCUT2D eigenvalue weighted by molar-refractivity contribution is 8.15. The summed E-state index contributed by atoms with van der Waals surface area (Å²) in [5.41, 5.74) is 3.58. The zero-order valence-electron chi connectivity index (χ0n) is 24.7. The minimum absolute atomic E-state index is 0.101. The first kappa shape index (κ1) is 31.6. The second-order valence-electron chi connectivity index (χ2n) is 10.3. The van der Waals surface area contributed by atoms with Crippen molar-refractivity contribution in [1.29, 1.82) is 0 Å². The van der Waals surface area contributed by atoms with Gasteiger partial charge in [0.1, 0.15) is 17.8 Å². The summed E-state index contributed by atoms with van der Waals surface area (Å²) in [4.78, 5) is 35.8. The van der Waals surface area contributed by atoms with Gasteiger partial charge in [-0.15, -0.1) is 18.3 Å². The van der Waals surface area contributed by atoms with Crippen LogP contribution in [0.1, 0.15) is 43.9 Å². The number of benzene rings is 3. The Balaban J connectivity index is 1.25. The van der Waals surface area contributed by atoms with Gasteiger partial charge < -0.3 is 14.8 Å².